The Balaban J connectivity index is 2.16. The summed E-state index contributed by atoms with van der Waals surface area (Å²) in [7, 11) is -1.38. The third kappa shape index (κ3) is 2.63. The van der Waals surface area contributed by atoms with Crippen LogP contribution in [0.25, 0.3) is 0 Å². The van der Waals surface area contributed by atoms with Crippen LogP contribution in [0.15, 0.2) is 0 Å². The van der Waals surface area contributed by atoms with Crippen molar-refractivity contribution >= 4 is 7.82 Å². The summed E-state index contributed by atoms with van der Waals surface area (Å²) in [5.74, 6) is 0. The number of phosphoric ester groups is 1. The molecular formula is C10H19O7P. The molecule has 0 aromatic heterocycles. The highest BCUT2D eigenvalue weighted by molar-refractivity contribution is 7.47. The van der Waals surface area contributed by atoms with E-state index in [0.717, 1.165) is 7.11 Å². The minimum Gasteiger partial charge on any atom is -0.381 e. The van der Waals surface area contributed by atoms with Crippen LogP contribution in [0.1, 0.15) is 13.3 Å². The van der Waals surface area contributed by atoms with E-state index < -0.39 is 19.5 Å². The van der Waals surface area contributed by atoms with Crippen LogP contribution in [-0.4, -0.2) is 56.2 Å². The molecule has 0 radical (unpaired) electrons. The van der Waals surface area contributed by atoms with Crippen LogP contribution in [0, 0.1) is 0 Å². The summed E-state index contributed by atoms with van der Waals surface area (Å²) in [5, 5.41) is 0. The van der Waals surface area contributed by atoms with Gasteiger partial charge in [-0.05, 0) is 6.92 Å². The molecule has 3 fully saturated rings. The van der Waals surface area contributed by atoms with Gasteiger partial charge in [-0.3, -0.25) is 9.05 Å². The van der Waals surface area contributed by atoms with Gasteiger partial charge in [0, 0.05) is 20.6 Å². The molecule has 1 N–H and O–H groups in total. The topological polar surface area (TPSA) is 83.5 Å². The van der Waals surface area contributed by atoms with Crippen LogP contribution in [0.4, 0.5) is 0 Å². The van der Waals surface area contributed by atoms with E-state index in [2.05, 4.69) is 4.52 Å². The molecule has 3 aliphatic heterocycles. The first-order chi connectivity index (χ1) is 8.42. The zero-order valence-electron chi connectivity index (χ0n) is 10.7. The normalized spacial score (nSPS) is 42.8. The standard InChI is InChI=1S/C10H19O7P/c1-7-8-4-9(17-18(11,12)14-3)10(16-7,5-13-2)6-15-8/h7-9H,4-6H2,1-3H3,(H,11,12)/t7?,8?,9-,10-/m0/s1. The fourth-order valence-electron chi connectivity index (χ4n) is 2.47. The van der Waals surface area contributed by atoms with Gasteiger partial charge in [0.25, 0.3) is 0 Å². The quantitative estimate of drug-likeness (QED) is 0.743. The molecule has 3 aliphatic rings. The van der Waals surface area contributed by atoms with Crippen molar-refractivity contribution in [2.75, 3.05) is 27.4 Å². The molecule has 3 rings (SSSR count). The number of methoxy groups -OCH3 is 1. The first-order valence-corrected chi connectivity index (χ1v) is 7.27. The summed E-state index contributed by atoms with van der Waals surface area (Å²) in [6, 6.07) is 0. The van der Waals surface area contributed by atoms with Crippen molar-refractivity contribution in [3.63, 3.8) is 0 Å². The van der Waals surface area contributed by atoms with E-state index in [1.807, 2.05) is 6.92 Å². The van der Waals surface area contributed by atoms with Crippen molar-refractivity contribution < 1.29 is 32.7 Å². The number of phosphoric acid groups is 1. The van der Waals surface area contributed by atoms with Gasteiger partial charge < -0.3 is 19.1 Å². The van der Waals surface area contributed by atoms with Gasteiger partial charge in [-0.25, -0.2) is 4.57 Å². The lowest BCUT2D eigenvalue weighted by Gasteiger charge is -2.53. The summed E-state index contributed by atoms with van der Waals surface area (Å²) in [6.07, 6.45) is -0.318. The Hall–Kier alpha value is -0.0100. The van der Waals surface area contributed by atoms with Gasteiger partial charge in [-0.15, -0.1) is 0 Å². The van der Waals surface area contributed by atoms with E-state index in [4.69, 9.17) is 18.7 Å². The highest BCUT2D eigenvalue weighted by atomic mass is 31.2. The molecule has 3 unspecified atom stereocenters. The second-order valence-electron chi connectivity index (χ2n) is 4.65. The highest BCUT2D eigenvalue weighted by Gasteiger charge is 2.56. The molecule has 0 saturated carbocycles. The Morgan fingerprint density at radius 2 is 2.22 bits per heavy atom. The largest absolute Gasteiger partial charge is 0.472 e. The van der Waals surface area contributed by atoms with Crippen molar-refractivity contribution in [2.24, 2.45) is 0 Å². The first-order valence-electron chi connectivity index (χ1n) is 5.78. The van der Waals surface area contributed by atoms with Crippen molar-refractivity contribution in [3.05, 3.63) is 0 Å². The van der Waals surface area contributed by atoms with E-state index >= 15 is 0 Å². The first kappa shape index (κ1) is 14.4. The summed E-state index contributed by atoms with van der Waals surface area (Å²) in [5.41, 5.74) is -0.847. The molecule has 18 heavy (non-hydrogen) atoms. The minimum atomic E-state index is -4.05. The molecule has 0 spiro atoms. The molecule has 7 nitrogen and oxygen atoms in total. The molecule has 0 aromatic carbocycles. The molecule has 5 atom stereocenters. The zero-order chi connectivity index (χ0) is 13.4. The average molecular weight is 282 g/mol. The van der Waals surface area contributed by atoms with Crippen LogP contribution < -0.4 is 0 Å². The van der Waals surface area contributed by atoms with Crippen molar-refractivity contribution in [1.82, 2.24) is 0 Å². The number of hydrogen-bond acceptors (Lipinski definition) is 6. The van der Waals surface area contributed by atoms with E-state index in [-0.39, 0.29) is 25.4 Å². The maximum atomic E-state index is 11.5. The molecule has 2 bridgehead atoms. The predicted octanol–water partition coefficient (Wildman–Crippen LogP) is 0.711. The Morgan fingerprint density at radius 3 is 2.78 bits per heavy atom. The minimum absolute atomic E-state index is 0.0885. The summed E-state index contributed by atoms with van der Waals surface area (Å²) in [6.45, 7) is 2.42. The van der Waals surface area contributed by atoms with Crippen LogP contribution in [-0.2, 0) is 27.8 Å². The SMILES string of the molecule is COC[C@]12COC(C[C@@H]1OP(=O)(O)OC)C(C)O2. The van der Waals surface area contributed by atoms with Gasteiger partial charge in [-0.2, -0.15) is 0 Å². The lowest BCUT2D eigenvalue weighted by atomic mass is 9.85. The average Bonchev–Trinajstić information content (AvgIpc) is 2.31. The Bertz CT molecular complexity index is 345. The summed E-state index contributed by atoms with van der Waals surface area (Å²) in [4.78, 5) is 9.43. The molecule has 0 aromatic rings. The lowest BCUT2D eigenvalue weighted by Crippen LogP contribution is -2.66. The fourth-order valence-corrected chi connectivity index (χ4v) is 3.16. The number of hydrogen-bond donors (Lipinski definition) is 1. The smallest absolute Gasteiger partial charge is 0.381 e. The molecule has 106 valence electrons. The summed E-state index contributed by atoms with van der Waals surface area (Å²) >= 11 is 0. The van der Waals surface area contributed by atoms with Gasteiger partial charge in [0.2, 0.25) is 0 Å². The maximum absolute atomic E-state index is 11.5. The van der Waals surface area contributed by atoms with Crippen molar-refractivity contribution in [1.29, 1.82) is 0 Å². The van der Waals surface area contributed by atoms with Crippen molar-refractivity contribution in [3.8, 4) is 0 Å². The molecule has 0 aliphatic carbocycles. The zero-order valence-corrected chi connectivity index (χ0v) is 11.6. The van der Waals surface area contributed by atoms with Crippen LogP contribution >= 0.6 is 7.82 Å². The van der Waals surface area contributed by atoms with Gasteiger partial charge >= 0.3 is 7.82 Å². The van der Waals surface area contributed by atoms with Crippen LogP contribution in [0.2, 0.25) is 0 Å². The Morgan fingerprint density at radius 1 is 1.50 bits per heavy atom. The van der Waals surface area contributed by atoms with Crippen LogP contribution in [0.3, 0.4) is 0 Å². The number of rotatable bonds is 5. The second kappa shape index (κ2) is 5.17. The third-order valence-electron chi connectivity index (χ3n) is 3.40. The number of ether oxygens (including phenoxy) is 3. The summed E-state index contributed by atoms with van der Waals surface area (Å²) < 4.78 is 37.8. The van der Waals surface area contributed by atoms with E-state index in [9.17, 15) is 9.46 Å². The lowest BCUT2D eigenvalue weighted by molar-refractivity contribution is -0.310. The van der Waals surface area contributed by atoms with E-state index in [0.29, 0.717) is 6.42 Å². The Labute approximate surface area is 106 Å². The van der Waals surface area contributed by atoms with Crippen LogP contribution in [0.5, 0.6) is 0 Å². The van der Waals surface area contributed by atoms with Gasteiger partial charge in [0.05, 0.1) is 25.4 Å². The molecule has 3 heterocycles. The molecule has 0 amide bonds. The van der Waals surface area contributed by atoms with Gasteiger partial charge in [0.15, 0.2) is 0 Å². The third-order valence-corrected chi connectivity index (χ3v) is 4.38. The second-order valence-corrected chi connectivity index (χ2v) is 6.16. The maximum Gasteiger partial charge on any atom is 0.472 e. The monoisotopic (exact) mass is 282 g/mol. The van der Waals surface area contributed by atoms with Crippen molar-refractivity contribution in [2.45, 2.75) is 37.3 Å². The van der Waals surface area contributed by atoms with Gasteiger partial charge in [0.1, 0.15) is 11.7 Å². The molecule has 3 saturated heterocycles. The highest BCUT2D eigenvalue weighted by Crippen LogP contribution is 2.50. The predicted molar refractivity (Wildman–Crippen MR) is 61.2 cm³/mol. The fraction of sp³-hybridized carbons (Fsp3) is 1.00. The molecule has 8 heteroatoms. The van der Waals surface area contributed by atoms with Gasteiger partial charge in [-0.1, -0.05) is 0 Å². The molecular weight excluding hydrogens is 263 g/mol. The van der Waals surface area contributed by atoms with E-state index in [1.165, 1.54) is 7.11 Å². The number of fused-ring (bicyclic) bond motifs is 3. The Kier molecular flexibility index (Phi) is 4.14. The van der Waals surface area contributed by atoms with E-state index in [1.54, 1.807) is 0 Å².